The Labute approximate surface area is 268 Å². The van der Waals surface area contributed by atoms with E-state index in [0.29, 0.717) is 35.1 Å². The van der Waals surface area contributed by atoms with Crippen molar-refractivity contribution in [3.63, 3.8) is 0 Å². The molecule has 0 bridgehead atoms. The molecule has 0 fully saturated rings. The summed E-state index contributed by atoms with van der Waals surface area (Å²) in [7, 11) is 2.44. The average Bonchev–Trinajstić information content (AvgIpc) is 3.02. The number of ether oxygens (including phenoxy) is 1. The zero-order chi connectivity index (χ0) is 32.5. The molecule has 1 aliphatic rings. The number of fused-ring (bicyclic) bond motifs is 1. The van der Waals surface area contributed by atoms with Crippen LogP contribution in [0.15, 0.2) is 84.9 Å². The Balaban J connectivity index is 1.41. The highest BCUT2D eigenvalue weighted by atomic mass is 31.0. The van der Waals surface area contributed by atoms with Crippen molar-refractivity contribution in [2.45, 2.75) is 37.9 Å². The molecule has 6 rings (SSSR count). The zero-order valence-electron chi connectivity index (χ0n) is 24.8. The van der Waals surface area contributed by atoms with Crippen molar-refractivity contribution in [1.82, 2.24) is 0 Å². The van der Waals surface area contributed by atoms with Crippen LogP contribution in [0.1, 0.15) is 61.3 Å². The van der Waals surface area contributed by atoms with Crippen LogP contribution in [0.3, 0.4) is 0 Å². The van der Waals surface area contributed by atoms with Gasteiger partial charge in [0.2, 0.25) is 0 Å². The van der Waals surface area contributed by atoms with Crippen molar-refractivity contribution in [2.24, 2.45) is 0 Å². The fraction of sp³-hybridized carbons (Fsp3) is 0.162. The molecule has 0 saturated carbocycles. The van der Waals surface area contributed by atoms with Crippen molar-refractivity contribution >= 4 is 15.0 Å². The minimum absolute atomic E-state index is 0.00249. The highest BCUT2D eigenvalue weighted by Gasteiger charge is 2.34. The molecule has 6 N–H and O–H groups in total. The Morgan fingerprint density at radius 1 is 0.587 bits per heavy atom. The van der Waals surface area contributed by atoms with Crippen LogP contribution in [0, 0.1) is 0 Å². The summed E-state index contributed by atoms with van der Waals surface area (Å²) in [5.74, 6) is -1.47. The number of hydrogen-bond acceptors (Lipinski definition) is 8. The number of ketones is 1. The van der Waals surface area contributed by atoms with Gasteiger partial charge >= 0.3 is 0 Å². The number of benzene rings is 5. The maximum absolute atomic E-state index is 13.3. The summed E-state index contributed by atoms with van der Waals surface area (Å²) in [5.41, 5.74) is 4.00. The summed E-state index contributed by atoms with van der Waals surface area (Å²) in [6, 6.07) is 23.9. The summed E-state index contributed by atoms with van der Waals surface area (Å²) in [4.78, 5) is 13.3. The first-order chi connectivity index (χ1) is 22.1. The van der Waals surface area contributed by atoms with Gasteiger partial charge in [0.05, 0.1) is 6.42 Å². The molecule has 0 aliphatic carbocycles. The SMILES string of the molecule is O=C1C[C@@H](P)Oc2c(Cc3cc(Cc4ccccc4O)ccc3O)c(O)c(Cc3cc(Cc4ccccc4O)ccc3O)c(O)c21. The third-order valence-electron chi connectivity index (χ3n) is 8.32. The van der Waals surface area contributed by atoms with Gasteiger partial charge in [-0.1, -0.05) is 69.9 Å². The molecule has 5 aromatic rings. The molecule has 8 nitrogen and oxygen atoms in total. The van der Waals surface area contributed by atoms with Gasteiger partial charge in [-0.25, -0.2) is 0 Å². The molecule has 1 heterocycles. The largest absolute Gasteiger partial charge is 0.508 e. The second kappa shape index (κ2) is 12.7. The van der Waals surface area contributed by atoms with Crippen molar-refractivity contribution in [1.29, 1.82) is 0 Å². The number of aromatic hydroxyl groups is 6. The summed E-state index contributed by atoms with van der Waals surface area (Å²) < 4.78 is 6.01. The van der Waals surface area contributed by atoms with E-state index >= 15 is 0 Å². The van der Waals surface area contributed by atoms with Crippen LogP contribution in [0.2, 0.25) is 0 Å². The lowest BCUT2D eigenvalue weighted by Gasteiger charge is -2.28. The molecule has 46 heavy (non-hydrogen) atoms. The summed E-state index contributed by atoms with van der Waals surface area (Å²) in [6.07, 6.45) is 0.619. The number of para-hydroxylation sites is 2. The lowest BCUT2D eigenvalue weighted by molar-refractivity contribution is 0.0911. The fourth-order valence-corrected chi connectivity index (χ4v) is 6.28. The number of Topliss-reactive ketones (excluding diaryl/α,β-unsaturated/α-hetero) is 1. The highest BCUT2D eigenvalue weighted by molar-refractivity contribution is 7.17. The van der Waals surface area contributed by atoms with E-state index < -0.39 is 11.6 Å². The van der Waals surface area contributed by atoms with E-state index in [4.69, 9.17) is 4.74 Å². The third-order valence-corrected chi connectivity index (χ3v) is 8.70. The summed E-state index contributed by atoms with van der Waals surface area (Å²) in [5, 5.41) is 65.2. The predicted molar refractivity (Wildman–Crippen MR) is 176 cm³/mol. The van der Waals surface area contributed by atoms with Gasteiger partial charge in [0, 0.05) is 36.8 Å². The van der Waals surface area contributed by atoms with Crippen LogP contribution in [-0.2, 0) is 25.7 Å². The third kappa shape index (κ3) is 6.17. The number of phenols is 6. The Morgan fingerprint density at radius 2 is 1.07 bits per heavy atom. The molecule has 2 atom stereocenters. The van der Waals surface area contributed by atoms with Gasteiger partial charge in [-0.15, -0.1) is 0 Å². The van der Waals surface area contributed by atoms with Gasteiger partial charge < -0.3 is 35.4 Å². The van der Waals surface area contributed by atoms with Crippen molar-refractivity contribution in [3.8, 4) is 40.2 Å². The zero-order valence-corrected chi connectivity index (χ0v) is 25.9. The first-order valence-corrected chi connectivity index (χ1v) is 15.5. The van der Waals surface area contributed by atoms with Crippen LogP contribution in [-0.4, -0.2) is 42.3 Å². The lowest BCUT2D eigenvalue weighted by atomic mass is 9.88. The Morgan fingerprint density at radius 3 is 1.59 bits per heavy atom. The van der Waals surface area contributed by atoms with E-state index in [9.17, 15) is 35.4 Å². The van der Waals surface area contributed by atoms with E-state index in [1.165, 1.54) is 12.1 Å². The smallest absolute Gasteiger partial charge is 0.174 e. The van der Waals surface area contributed by atoms with Crippen LogP contribution in [0.4, 0.5) is 0 Å². The van der Waals surface area contributed by atoms with Crippen molar-refractivity contribution in [3.05, 3.63) is 135 Å². The van der Waals surface area contributed by atoms with E-state index in [0.717, 1.165) is 11.1 Å². The van der Waals surface area contributed by atoms with Gasteiger partial charge in [0.15, 0.2) is 5.78 Å². The minimum atomic E-state index is -0.584. The fourth-order valence-electron chi connectivity index (χ4n) is 5.93. The number of phenolic OH excluding ortho intramolecular Hbond substituents is 6. The second-order valence-electron chi connectivity index (χ2n) is 11.5. The number of hydrogen-bond donors (Lipinski definition) is 6. The molecular weight excluding hydrogens is 603 g/mol. The maximum Gasteiger partial charge on any atom is 0.174 e. The molecule has 5 aromatic carbocycles. The maximum atomic E-state index is 13.3. The van der Waals surface area contributed by atoms with Gasteiger partial charge in [-0.2, -0.15) is 0 Å². The van der Waals surface area contributed by atoms with Gasteiger partial charge in [-0.05, 0) is 57.6 Å². The highest BCUT2D eigenvalue weighted by Crippen LogP contribution is 2.49. The molecule has 0 saturated heterocycles. The van der Waals surface area contributed by atoms with Crippen molar-refractivity contribution in [2.75, 3.05) is 0 Å². The average molecular weight is 637 g/mol. The van der Waals surface area contributed by atoms with Gasteiger partial charge in [0.25, 0.3) is 0 Å². The minimum Gasteiger partial charge on any atom is -0.508 e. The van der Waals surface area contributed by atoms with E-state index in [2.05, 4.69) is 9.24 Å². The topological polar surface area (TPSA) is 148 Å². The quantitative estimate of drug-likeness (QED) is 0.107. The molecule has 0 amide bonds. The van der Waals surface area contributed by atoms with Crippen molar-refractivity contribution < 1.29 is 40.2 Å². The van der Waals surface area contributed by atoms with Gasteiger partial charge in [-0.3, -0.25) is 4.79 Å². The number of carbonyl (C=O) groups excluding carboxylic acids is 1. The molecule has 234 valence electrons. The standard InChI is InChI=1S/C37H33O8P/c38-28-7-3-1-5-22(28)13-20-9-11-30(40)24(15-20)17-26-35(43)27(37-34(36(26)44)32(42)19-33(46)45-37)18-25-16-21(10-12-31(25)41)14-23-6-2-4-8-29(23)39/h1-12,15-16,33,38-41,43-44H,13-14,17-19,46H2/t33-/m1/s1. The predicted octanol–water partition coefficient (Wildman–Crippen LogP) is 6.45. The monoisotopic (exact) mass is 636 g/mol. The van der Waals surface area contributed by atoms with E-state index in [1.807, 2.05) is 18.2 Å². The Hall–Kier alpha value is -5.20. The molecule has 1 aliphatic heterocycles. The summed E-state index contributed by atoms with van der Waals surface area (Å²) in [6.45, 7) is 0. The second-order valence-corrected chi connectivity index (χ2v) is 12.3. The molecule has 9 heteroatoms. The van der Waals surface area contributed by atoms with Crippen LogP contribution in [0.25, 0.3) is 0 Å². The number of carbonyl (C=O) groups is 1. The van der Waals surface area contributed by atoms with Gasteiger partial charge in [0.1, 0.15) is 51.7 Å². The Bertz CT molecular complexity index is 1970. The molecule has 0 spiro atoms. The van der Waals surface area contributed by atoms with Crippen LogP contribution >= 0.6 is 9.24 Å². The normalized spacial score (nSPS) is 14.1. The first kappa shape index (κ1) is 30.8. The molecular formula is C37H33O8P. The van der Waals surface area contributed by atoms with E-state index in [1.54, 1.807) is 54.6 Å². The van der Waals surface area contributed by atoms with Crippen LogP contribution in [0.5, 0.6) is 40.2 Å². The first-order valence-electron chi connectivity index (χ1n) is 14.8. The molecule has 1 unspecified atom stereocenters. The number of rotatable bonds is 8. The Kier molecular flexibility index (Phi) is 8.48. The molecule has 0 radical (unpaired) electrons. The molecule has 0 aromatic heterocycles. The summed E-state index contributed by atoms with van der Waals surface area (Å²) >= 11 is 0. The van der Waals surface area contributed by atoms with Crippen LogP contribution < -0.4 is 4.74 Å². The lowest BCUT2D eigenvalue weighted by Crippen LogP contribution is -2.23. The van der Waals surface area contributed by atoms with E-state index in [-0.39, 0.29) is 76.2 Å².